The second-order valence-electron chi connectivity index (χ2n) is 4.29. The Morgan fingerprint density at radius 1 is 1.05 bits per heavy atom. The number of nitrogens with zero attached hydrogens (tertiary/aromatic N) is 1. The average Bonchev–Trinajstić information content (AvgIpc) is 2.49. The molecule has 21 heavy (non-hydrogen) atoms. The van der Waals surface area contributed by atoms with Gasteiger partial charge in [-0.1, -0.05) is 6.92 Å². The van der Waals surface area contributed by atoms with Gasteiger partial charge in [-0.25, -0.2) is 4.98 Å². The Morgan fingerprint density at radius 3 is 2.19 bits per heavy atom. The number of carbonyl (C=O) groups is 2. The average molecular weight is 348 g/mol. The fourth-order valence-electron chi connectivity index (χ4n) is 1.59. The third-order valence-corrected chi connectivity index (χ3v) is 3.18. The number of aromatic nitrogens is 1. The second-order valence-corrected chi connectivity index (χ2v) is 5.21. The van der Waals surface area contributed by atoms with E-state index in [-0.39, 0.29) is 11.8 Å². The summed E-state index contributed by atoms with van der Waals surface area (Å²) in [6.07, 6.45) is 1.99. The highest BCUT2D eigenvalue weighted by atomic mass is 79.9. The van der Waals surface area contributed by atoms with E-state index >= 15 is 0 Å². The molecule has 0 unspecified atom stereocenters. The topological polar surface area (TPSA) is 71.1 Å². The van der Waals surface area contributed by atoms with E-state index in [4.69, 9.17) is 0 Å². The van der Waals surface area contributed by atoms with E-state index < -0.39 is 0 Å². The van der Waals surface area contributed by atoms with Crippen LogP contribution >= 0.6 is 15.9 Å². The van der Waals surface area contributed by atoms with Gasteiger partial charge in [0.15, 0.2) is 0 Å². The van der Waals surface area contributed by atoms with Crippen LogP contribution in [0.1, 0.15) is 23.8 Å². The van der Waals surface area contributed by atoms with E-state index in [1.165, 1.54) is 0 Å². The van der Waals surface area contributed by atoms with Crippen molar-refractivity contribution in [2.75, 3.05) is 10.6 Å². The first-order valence-corrected chi connectivity index (χ1v) is 7.20. The number of carbonyl (C=O) groups excluding carboxylic acids is 2. The van der Waals surface area contributed by atoms with Crippen molar-refractivity contribution in [2.24, 2.45) is 0 Å². The molecule has 0 saturated carbocycles. The van der Waals surface area contributed by atoms with Gasteiger partial charge in [0.1, 0.15) is 5.69 Å². The Labute approximate surface area is 130 Å². The minimum atomic E-state index is -0.284. The predicted molar refractivity (Wildman–Crippen MR) is 85.3 cm³/mol. The van der Waals surface area contributed by atoms with Gasteiger partial charge in [0.2, 0.25) is 5.91 Å². The normalized spacial score (nSPS) is 10.0. The predicted octanol–water partition coefficient (Wildman–Crippen LogP) is 3.44. The fraction of sp³-hybridized carbons (Fsp3) is 0.133. The van der Waals surface area contributed by atoms with E-state index in [0.717, 1.165) is 4.47 Å². The molecule has 0 radical (unpaired) electrons. The second kappa shape index (κ2) is 6.99. The summed E-state index contributed by atoms with van der Waals surface area (Å²) in [5, 5.41) is 5.48. The minimum absolute atomic E-state index is 0.0501. The number of halogens is 1. The lowest BCUT2D eigenvalue weighted by molar-refractivity contribution is -0.115. The molecule has 0 aliphatic heterocycles. The molecular weight excluding hydrogens is 334 g/mol. The van der Waals surface area contributed by atoms with Gasteiger partial charge >= 0.3 is 0 Å². The van der Waals surface area contributed by atoms with Crippen molar-refractivity contribution < 1.29 is 9.59 Å². The molecule has 0 fully saturated rings. The van der Waals surface area contributed by atoms with Crippen LogP contribution in [0.15, 0.2) is 47.1 Å². The molecule has 0 spiro atoms. The van der Waals surface area contributed by atoms with Crippen LogP contribution in [0.25, 0.3) is 0 Å². The highest BCUT2D eigenvalue weighted by molar-refractivity contribution is 9.10. The largest absolute Gasteiger partial charge is 0.326 e. The summed E-state index contributed by atoms with van der Waals surface area (Å²) in [6, 6.07) is 10.3. The SMILES string of the molecule is CCC(=O)Nc1ccc(NC(=O)c2ccc(Br)cn2)cc1. The van der Waals surface area contributed by atoms with Crippen LogP contribution in [0.3, 0.4) is 0 Å². The van der Waals surface area contributed by atoms with E-state index in [2.05, 4.69) is 31.5 Å². The Kier molecular flexibility index (Phi) is 5.05. The number of nitrogens with one attached hydrogen (secondary N) is 2. The molecule has 2 N–H and O–H groups in total. The lowest BCUT2D eigenvalue weighted by atomic mass is 10.2. The first-order valence-electron chi connectivity index (χ1n) is 6.41. The highest BCUT2D eigenvalue weighted by Gasteiger charge is 2.07. The molecule has 2 aromatic rings. The van der Waals surface area contributed by atoms with Crippen LogP contribution in [0.2, 0.25) is 0 Å². The third-order valence-electron chi connectivity index (χ3n) is 2.71. The maximum absolute atomic E-state index is 12.0. The molecular formula is C15H14BrN3O2. The number of hydrogen-bond donors (Lipinski definition) is 2. The number of anilines is 2. The lowest BCUT2D eigenvalue weighted by Gasteiger charge is -2.07. The Bertz CT molecular complexity index is 639. The van der Waals surface area contributed by atoms with Gasteiger partial charge in [-0.05, 0) is 52.3 Å². The zero-order chi connectivity index (χ0) is 15.2. The number of amides is 2. The van der Waals surface area contributed by atoms with Crippen molar-refractivity contribution in [1.82, 2.24) is 4.98 Å². The molecule has 5 nitrogen and oxygen atoms in total. The third kappa shape index (κ3) is 4.39. The molecule has 1 heterocycles. The Hall–Kier alpha value is -2.21. The highest BCUT2D eigenvalue weighted by Crippen LogP contribution is 2.15. The summed E-state index contributed by atoms with van der Waals surface area (Å²) >= 11 is 3.27. The molecule has 0 saturated heterocycles. The fourth-order valence-corrected chi connectivity index (χ4v) is 1.83. The molecule has 1 aromatic carbocycles. The van der Waals surface area contributed by atoms with E-state index in [1.807, 2.05) is 0 Å². The number of pyridine rings is 1. The van der Waals surface area contributed by atoms with Gasteiger partial charge < -0.3 is 10.6 Å². The van der Waals surface area contributed by atoms with Crippen molar-refractivity contribution in [3.8, 4) is 0 Å². The van der Waals surface area contributed by atoms with E-state index in [0.29, 0.717) is 23.5 Å². The van der Waals surface area contributed by atoms with Crippen LogP contribution < -0.4 is 10.6 Å². The van der Waals surface area contributed by atoms with Crippen LogP contribution in [0.5, 0.6) is 0 Å². The zero-order valence-electron chi connectivity index (χ0n) is 11.4. The van der Waals surface area contributed by atoms with E-state index in [9.17, 15) is 9.59 Å². The molecule has 1 aromatic heterocycles. The summed E-state index contributed by atoms with van der Waals surface area (Å²) in [5.41, 5.74) is 1.67. The van der Waals surface area contributed by atoms with Crippen molar-refractivity contribution in [1.29, 1.82) is 0 Å². The number of benzene rings is 1. The first-order chi connectivity index (χ1) is 10.1. The van der Waals surface area contributed by atoms with Gasteiger partial charge in [0.25, 0.3) is 5.91 Å². The van der Waals surface area contributed by atoms with Crippen LogP contribution in [0, 0.1) is 0 Å². The van der Waals surface area contributed by atoms with Crippen molar-refractivity contribution in [2.45, 2.75) is 13.3 Å². The maximum atomic E-state index is 12.0. The lowest BCUT2D eigenvalue weighted by Crippen LogP contribution is -2.13. The number of hydrogen-bond acceptors (Lipinski definition) is 3. The molecule has 108 valence electrons. The van der Waals surface area contributed by atoms with E-state index in [1.54, 1.807) is 49.5 Å². The van der Waals surface area contributed by atoms with Crippen molar-refractivity contribution >= 4 is 39.1 Å². The molecule has 0 aliphatic rings. The van der Waals surface area contributed by atoms with Crippen LogP contribution in [0.4, 0.5) is 11.4 Å². The summed E-state index contributed by atoms with van der Waals surface area (Å²) in [5.74, 6) is -0.335. The summed E-state index contributed by atoms with van der Waals surface area (Å²) in [4.78, 5) is 27.3. The van der Waals surface area contributed by atoms with Crippen LogP contribution in [-0.2, 0) is 4.79 Å². The molecule has 0 atom stereocenters. The standard InChI is InChI=1S/C15H14BrN3O2/c1-2-14(20)18-11-4-6-12(7-5-11)19-15(21)13-8-3-10(16)9-17-13/h3-9H,2H2,1H3,(H,18,20)(H,19,21). The van der Waals surface area contributed by atoms with Gasteiger partial charge in [0, 0.05) is 28.5 Å². The monoisotopic (exact) mass is 347 g/mol. The molecule has 2 rings (SSSR count). The minimum Gasteiger partial charge on any atom is -0.326 e. The zero-order valence-corrected chi connectivity index (χ0v) is 13.0. The van der Waals surface area contributed by atoms with Crippen molar-refractivity contribution in [3.63, 3.8) is 0 Å². The summed E-state index contributed by atoms with van der Waals surface area (Å²) < 4.78 is 0.815. The molecule has 0 bridgehead atoms. The molecule has 2 amide bonds. The first kappa shape index (κ1) is 15.2. The summed E-state index contributed by atoms with van der Waals surface area (Å²) in [7, 11) is 0. The van der Waals surface area contributed by atoms with Gasteiger partial charge in [0.05, 0.1) is 0 Å². The van der Waals surface area contributed by atoms with Gasteiger partial charge in [-0.15, -0.1) is 0 Å². The Balaban J connectivity index is 2.01. The Morgan fingerprint density at radius 2 is 1.67 bits per heavy atom. The van der Waals surface area contributed by atoms with Gasteiger partial charge in [-0.2, -0.15) is 0 Å². The van der Waals surface area contributed by atoms with Crippen LogP contribution in [-0.4, -0.2) is 16.8 Å². The molecule has 0 aliphatic carbocycles. The quantitative estimate of drug-likeness (QED) is 0.889. The van der Waals surface area contributed by atoms with Crippen molar-refractivity contribution in [3.05, 3.63) is 52.8 Å². The van der Waals surface area contributed by atoms with Gasteiger partial charge in [-0.3, -0.25) is 9.59 Å². The summed E-state index contributed by atoms with van der Waals surface area (Å²) in [6.45, 7) is 1.79. The maximum Gasteiger partial charge on any atom is 0.274 e. The molecule has 6 heteroatoms. The smallest absolute Gasteiger partial charge is 0.274 e. The number of rotatable bonds is 4.